The molecule has 3 N–H and O–H groups in total. The second kappa shape index (κ2) is 6.95. The number of rotatable bonds is 3. The quantitative estimate of drug-likeness (QED) is 0.334. The van der Waals surface area contributed by atoms with Crippen LogP contribution in [0.4, 0.5) is 11.5 Å². The van der Waals surface area contributed by atoms with E-state index in [-0.39, 0.29) is 0 Å². The monoisotopic (exact) mass is 483 g/mol. The van der Waals surface area contributed by atoms with E-state index in [0.29, 0.717) is 27.0 Å². The first-order valence-electron chi connectivity index (χ1n) is 9.47. The summed E-state index contributed by atoms with van der Waals surface area (Å²) >= 11 is 3.08. The van der Waals surface area contributed by atoms with Crippen LogP contribution in [0.15, 0.2) is 54.9 Å². The molecule has 0 aliphatic carbocycles. The molecule has 4 heterocycles. The number of fused-ring (bicyclic) bond motifs is 3. The molecule has 1 atom stereocenters. The average Bonchev–Trinajstić information content (AvgIpc) is 3.50. The molecule has 0 aliphatic rings. The number of hydrogen-bond donors (Lipinski definition) is 3. The van der Waals surface area contributed by atoms with Gasteiger partial charge in [-0.1, -0.05) is 0 Å². The Bertz CT molecular complexity index is 1620. The van der Waals surface area contributed by atoms with Gasteiger partial charge in [0.2, 0.25) is 0 Å². The van der Waals surface area contributed by atoms with Crippen molar-refractivity contribution in [1.82, 2.24) is 25.1 Å². The third-order valence-corrected chi connectivity index (χ3v) is 6.86. The van der Waals surface area contributed by atoms with E-state index in [1.165, 1.54) is 26.9 Å². The summed E-state index contributed by atoms with van der Waals surface area (Å²) in [5.74, 6) is 0.618. The molecule has 0 saturated carbocycles. The standard InChI is InChI=1S/C22H14AsN7S/c23-22-28-20-18(13(8-24)9-25-20)21(29-22)27-14-5-12-10-26-30-19(12)15(7-14)17-6-11-3-1-2-4-16(11)31-17/h1-7,9-10H,23H2,(H,26,30)(H2,25,27,28,29). The van der Waals surface area contributed by atoms with Crippen LogP contribution in [-0.2, 0) is 0 Å². The number of nitrogens with one attached hydrogen (secondary N) is 3. The van der Waals surface area contributed by atoms with Gasteiger partial charge in [0, 0.05) is 0 Å². The van der Waals surface area contributed by atoms with E-state index >= 15 is 0 Å². The number of aromatic amines is 2. The molecule has 9 heteroatoms. The molecule has 31 heavy (non-hydrogen) atoms. The van der Waals surface area contributed by atoms with Gasteiger partial charge in [0.15, 0.2) is 0 Å². The summed E-state index contributed by atoms with van der Waals surface area (Å²) in [5.41, 5.74) is 4.10. The van der Waals surface area contributed by atoms with Crippen molar-refractivity contribution < 1.29 is 0 Å². The third-order valence-electron chi connectivity index (χ3n) is 5.17. The molecule has 0 spiro atoms. The summed E-state index contributed by atoms with van der Waals surface area (Å²) in [6.07, 6.45) is 3.48. The van der Waals surface area contributed by atoms with Gasteiger partial charge in [-0.2, -0.15) is 0 Å². The number of anilines is 2. The summed E-state index contributed by atoms with van der Waals surface area (Å²) in [5, 5.41) is 23.2. The molecule has 1 unspecified atom stereocenters. The Balaban J connectivity index is 1.53. The first-order valence-corrected chi connectivity index (χ1v) is 11.5. The fourth-order valence-corrected chi connectivity index (χ4v) is 5.43. The molecule has 0 bridgehead atoms. The predicted octanol–water partition coefficient (Wildman–Crippen LogP) is 3.59. The SMILES string of the molecule is N#Cc1c[nH]c2nc([AsH2])nc(Nc3cc(-c4cc5ccccc5s4)c4[nH]ncc4c3)c12. The van der Waals surface area contributed by atoms with Gasteiger partial charge in [-0.3, -0.25) is 0 Å². The second-order valence-electron chi connectivity index (χ2n) is 7.10. The van der Waals surface area contributed by atoms with Crippen molar-refractivity contribution in [2.45, 2.75) is 0 Å². The Morgan fingerprint density at radius 2 is 2.00 bits per heavy atom. The molecule has 148 valence electrons. The molecule has 0 saturated heterocycles. The van der Waals surface area contributed by atoms with Crippen LogP contribution in [0.25, 0.3) is 42.5 Å². The van der Waals surface area contributed by atoms with E-state index in [4.69, 9.17) is 0 Å². The minimum atomic E-state index is 0.513. The fraction of sp³-hybridized carbons (Fsp3) is 0. The molecule has 6 rings (SSSR count). The number of aromatic nitrogens is 5. The number of hydrogen-bond acceptors (Lipinski definition) is 6. The summed E-state index contributed by atoms with van der Waals surface area (Å²) in [6, 6.07) is 16.9. The van der Waals surface area contributed by atoms with Crippen LogP contribution >= 0.6 is 11.3 Å². The number of thiophene rings is 1. The molecule has 0 fully saturated rings. The number of H-pyrrole nitrogens is 2. The van der Waals surface area contributed by atoms with Crippen LogP contribution in [0.1, 0.15) is 5.56 Å². The van der Waals surface area contributed by atoms with E-state index in [1.54, 1.807) is 17.5 Å². The van der Waals surface area contributed by atoms with Crippen molar-refractivity contribution in [3.8, 4) is 16.5 Å². The third kappa shape index (κ3) is 2.98. The van der Waals surface area contributed by atoms with Crippen LogP contribution < -0.4 is 9.93 Å². The molecular formula is C22H14AsN7S. The number of nitrogens with zero attached hydrogens (tertiary/aromatic N) is 4. The summed E-state index contributed by atoms with van der Waals surface area (Å²) < 4.78 is 1.92. The van der Waals surface area contributed by atoms with Crippen molar-refractivity contribution in [3.63, 3.8) is 0 Å². The van der Waals surface area contributed by atoms with Crippen molar-refractivity contribution in [1.29, 1.82) is 5.26 Å². The molecule has 2 aromatic carbocycles. The van der Waals surface area contributed by atoms with E-state index in [1.807, 2.05) is 12.3 Å². The summed E-state index contributed by atoms with van der Waals surface area (Å²) in [7, 11) is 0. The van der Waals surface area contributed by atoms with E-state index in [0.717, 1.165) is 27.0 Å². The summed E-state index contributed by atoms with van der Waals surface area (Å²) in [4.78, 5) is 13.3. The van der Waals surface area contributed by atoms with Crippen LogP contribution in [-0.4, -0.2) is 42.0 Å². The minimum absolute atomic E-state index is 0.513. The molecule has 0 radical (unpaired) electrons. The Labute approximate surface area is 188 Å². The van der Waals surface area contributed by atoms with Crippen molar-refractivity contribution in [3.05, 3.63) is 60.4 Å². The zero-order chi connectivity index (χ0) is 20.9. The van der Waals surface area contributed by atoms with Gasteiger partial charge in [-0.05, 0) is 0 Å². The molecule has 6 aromatic rings. The van der Waals surface area contributed by atoms with Crippen molar-refractivity contribution in [2.24, 2.45) is 0 Å². The van der Waals surface area contributed by atoms with Gasteiger partial charge in [-0.15, -0.1) is 0 Å². The Morgan fingerprint density at radius 1 is 1.10 bits per heavy atom. The fourth-order valence-electron chi connectivity index (χ4n) is 3.80. The van der Waals surface area contributed by atoms with Crippen molar-refractivity contribution in [2.75, 3.05) is 5.32 Å². The van der Waals surface area contributed by atoms with Crippen LogP contribution in [0, 0.1) is 11.3 Å². The summed E-state index contributed by atoms with van der Waals surface area (Å²) in [6.45, 7) is 0. The van der Waals surface area contributed by atoms with E-state index in [2.05, 4.69) is 72.9 Å². The first-order chi connectivity index (χ1) is 15.2. The maximum absolute atomic E-state index is 9.50. The molecule has 0 amide bonds. The van der Waals surface area contributed by atoms with Crippen molar-refractivity contribution >= 4 is 76.3 Å². The zero-order valence-corrected chi connectivity index (χ0v) is 19.2. The van der Waals surface area contributed by atoms with Crippen LogP contribution in [0.2, 0.25) is 0 Å². The maximum atomic E-state index is 9.50. The Kier molecular flexibility index (Phi) is 4.06. The molecular weight excluding hydrogens is 469 g/mol. The first kappa shape index (κ1) is 18.1. The zero-order valence-electron chi connectivity index (χ0n) is 16.0. The topological polar surface area (TPSA) is 106 Å². The van der Waals surface area contributed by atoms with Gasteiger partial charge in [-0.25, -0.2) is 0 Å². The van der Waals surface area contributed by atoms with Gasteiger partial charge in [0.25, 0.3) is 0 Å². The van der Waals surface area contributed by atoms with Crippen LogP contribution in [0.3, 0.4) is 0 Å². The average molecular weight is 483 g/mol. The molecule has 0 aliphatic heterocycles. The number of nitriles is 1. The number of benzene rings is 2. The Morgan fingerprint density at radius 3 is 2.87 bits per heavy atom. The Hall–Kier alpha value is -3.66. The normalized spacial score (nSPS) is 11.4. The van der Waals surface area contributed by atoms with E-state index in [9.17, 15) is 5.26 Å². The van der Waals surface area contributed by atoms with E-state index < -0.39 is 0 Å². The van der Waals surface area contributed by atoms with Crippen LogP contribution in [0.5, 0.6) is 0 Å². The van der Waals surface area contributed by atoms with Gasteiger partial charge >= 0.3 is 189 Å². The second-order valence-corrected chi connectivity index (χ2v) is 9.27. The molecule has 7 nitrogen and oxygen atoms in total. The van der Waals surface area contributed by atoms with Gasteiger partial charge in [0.05, 0.1) is 0 Å². The molecule has 4 aromatic heterocycles. The van der Waals surface area contributed by atoms with Gasteiger partial charge in [0.1, 0.15) is 0 Å². The predicted molar refractivity (Wildman–Crippen MR) is 127 cm³/mol. The van der Waals surface area contributed by atoms with Gasteiger partial charge < -0.3 is 0 Å².